The zero-order valence-corrected chi connectivity index (χ0v) is 18.2. The number of hydrogen-bond acceptors (Lipinski definition) is 6. The van der Waals surface area contributed by atoms with Crippen LogP contribution >= 0.6 is 0 Å². The second kappa shape index (κ2) is 9.36. The Bertz CT molecular complexity index is 953. The Labute approximate surface area is 177 Å². The third-order valence-electron chi connectivity index (χ3n) is 5.10. The molecule has 0 radical (unpaired) electrons. The van der Waals surface area contributed by atoms with Gasteiger partial charge in [0.25, 0.3) is 0 Å². The molecule has 1 fully saturated rings. The monoisotopic (exact) mass is 433 g/mol. The Morgan fingerprint density at radius 3 is 1.90 bits per heavy atom. The minimum Gasteiger partial charge on any atom is -0.497 e. The summed E-state index contributed by atoms with van der Waals surface area (Å²) in [7, 11) is -0.665. The number of nitrogens with zero attached hydrogens (tertiary/aromatic N) is 2. The third-order valence-corrected chi connectivity index (χ3v) is 6.66. The van der Waals surface area contributed by atoms with Crippen LogP contribution in [0, 0.1) is 0 Å². The first kappa shape index (κ1) is 21.9. The molecule has 2 aromatic carbocycles. The average molecular weight is 434 g/mol. The van der Waals surface area contributed by atoms with Gasteiger partial charge in [-0.1, -0.05) is 0 Å². The number of methoxy groups -OCH3 is 2. The highest BCUT2D eigenvalue weighted by molar-refractivity contribution is 7.89. The highest BCUT2D eigenvalue weighted by Crippen LogP contribution is 2.21. The first-order valence-electron chi connectivity index (χ1n) is 9.68. The fourth-order valence-corrected chi connectivity index (χ4v) is 4.55. The van der Waals surface area contributed by atoms with Crippen LogP contribution in [-0.4, -0.2) is 65.7 Å². The summed E-state index contributed by atoms with van der Waals surface area (Å²) in [6.07, 6.45) is 0. The molecule has 9 heteroatoms. The van der Waals surface area contributed by atoms with Crippen molar-refractivity contribution in [2.75, 3.05) is 45.3 Å². The summed E-state index contributed by atoms with van der Waals surface area (Å²) in [5, 5.41) is 0. The Morgan fingerprint density at radius 2 is 1.40 bits per heavy atom. The fourth-order valence-electron chi connectivity index (χ4n) is 3.36. The smallest absolute Gasteiger partial charge is 0.241 e. The Balaban J connectivity index is 1.57. The van der Waals surface area contributed by atoms with Gasteiger partial charge in [0.2, 0.25) is 15.9 Å². The molecule has 0 unspecified atom stereocenters. The molecule has 3 rings (SSSR count). The number of nitrogens with one attached hydrogen (secondary N) is 1. The van der Waals surface area contributed by atoms with Crippen molar-refractivity contribution < 1.29 is 22.7 Å². The molecular formula is C21H27N3O5S. The first-order valence-corrected chi connectivity index (χ1v) is 11.2. The molecule has 0 aliphatic carbocycles. The maximum Gasteiger partial charge on any atom is 0.241 e. The van der Waals surface area contributed by atoms with Gasteiger partial charge in [0.05, 0.1) is 25.2 Å². The summed E-state index contributed by atoms with van der Waals surface area (Å²) >= 11 is 0. The van der Waals surface area contributed by atoms with Gasteiger partial charge in [0.1, 0.15) is 11.5 Å². The number of carbonyl (C=O) groups is 1. The molecule has 2 aromatic rings. The summed E-state index contributed by atoms with van der Waals surface area (Å²) < 4.78 is 37.9. The number of ether oxygens (including phenoxy) is 2. The van der Waals surface area contributed by atoms with Crippen LogP contribution in [-0.2, 0) is 14.8 Å². The Kier molecular flexibility index (Phi) is 6.84. The maximum absolute atomic E-state index is 12.8. The summed E-state index contributed by atoms with van der Waals surface area (Å²) in [6, 6.07) is 13.0. The number of rotatable bonds is 7. The van der Waals surface area contributed by atoms with Gasteiger partial charge in [-0.2, -0.15) is 4.72 Å². The average Bonchev–Trinajstić information content (AvgIpc) is 2.78. The lowest BCUT2D eigenvalue weighted by Gasteiger charge is -2.37. The van der Waals surface area contributed by atoms with Crippen molar-refractivity contribution >= 4 is 21.6 Å². The lowest BCUT2D eigenvalue weighted by Crippen LogP contribution is -2.54. The minimum absolute atomic E-state index is 0.0901. The van der Waals surface area contributed by atoms with Crippen molar-refractivity contribution in [2.24, 2.45) is 0 Å². The van der Waals surface area contributed by atoms with Gasteiger partial charge in [-0.05, 0) is 55.5 Å². The molecule has 1 heterocycles. The largest absolute Gasteiger partial charge is 0.497 e. The minimum atomic E-state index is -3.80. The van der Waals surface area contributed by atoms with E-state index in [4.69, 9.17) is 9.47 Å². The normalized spacial score (nSPS) is 15.6. The highest BCUT2D eigenvalue weighted by atomic mass is 32.2. The van der Waals surface area contributed by atoms with E-state index in [9.17, 15) is 13.2 Å². The number of hydrogen-bond donors (Lipinski definition) is 1. The van der Waals surface area contributed by atoms with Crippen molar-refractivity contribution in [1.29, 1.82) is 0 Å². The number of sulfonamides is 1. The van der Waals surface area contributed by atoms with E-state index in [0.29, 0.717) is 31.9 Å². The maximum atomic E-state index is 12.8. The molecular weight excluding hydrogens is 406 g/mol. The van der Waals surface area contributed by atoms with E-state index in [1.54, 1.807) is 31.1 Å². The quantitative estimate of drug-likeness (QED) is 0.715. The van der Waals surface area contributed by atoms with Gasteiger partial charge in [0.15, 0.2) is 0 Å². The van der Waals surface area contributed by atoms with E-state index in [0.717, 1.165) is 11.4 Å². The van der Waals surface area contributed by atoms with Crippen LogP contribution in [0.15, 0.2) is 53.4 Å². The van der Waals surface area contributed by atoms with Crippen molar-refractivity contribution in [1.82, 2.24) is 9.62 Å². The second-order valence-corrected chi connectivity index (χ2v) is 8.74. The lowest BCUT2D eigenvalue weighted by molar-refractivity contribution is -0.132. The predicted octanol–water partition coefficient (Wildman–Crippen LogP) is 1.72. The standard InChI is InChI=1S/C21H27N3O5S/c1-16(22-30(26,27)20-10-8-19(29-3)9-11-20)21(25)24-14-12-23(13-15-24)17-4-6-18(28-2)7-5-17/h4-11,16,22H,12-15H2,1-3H3/t16-/m0/s1. The van der Waals surface area contributed by atoms with Crippen molar-refractivity contribution in [2.45, 2.75) is 17.9 Å². The lowest BCUT2D eigenvalue weighted by atomic mass is 10.2. The number of carbonyl (C=O) groups excluding carboxylic acids is 1. The van der Waals surface area contributed by atoms with Crippen LogP contribution in [0.4, 0.5) is 5.69 Å². The zero-order chi connectivity index (χ0) is 21.7. The van der Waals surface area contributed by atoms with Crippen molar-refractivity contribution in [3.8, 4) is 11.5 Å². The van der Waals surface area contributed by atoms with Crippen LogP contribution < -0.4 is 19.1 Å². The molecule has 1 aliphatic heterocycles. The molecule has 1 N–H and O–H groups in total. The molecule has 162 valence electrons. The zero-order valence-electron chi connectivity index (χ0n) is 17.4. The third kappa shape index (κ3) is 5.03. The molecule has 1 saturated heterocycles. The van der Waals surface area contributed by atoms with Crippen LogP contribution in [0.25, 0.3) is 0 Å². The molecule has 0 spiro atoms. The summed E-state index contributed by atoms with van der Waals surface area (Å²) in [4.78, 5) is 16.8. The summed E-state index contributed by atoms with van der Waals surface area (Å²) in [6.45, 7) is 3.98. The molecule has 8 nitrogen and oxygen atoms in total. The highest BCUT2D eigenvalue weighted by Gasteiger charge is 2.28. The fraction of sp³-hybridized carbons (Fsp3) is 0.381. The van der Waals surface area contributed by atoms with Gasteiger partial charge in [-0.3, -0.25) is 4.79 Å². The Hall–Kier alpha value is -2.78. The summed E-state index contributed by atoms with van der Waals surface area (Å²) in [5.41, 5.74) is 1.07. The van der Waals surface area contributed by atoms with E-state index in [-0.39, 0.29) is 10.8 Å². The molecule has 1 aliphatic rings. The number of anilines is 1. The SMILES string of the molecule is COc1ccc(N2CCN(C(=O)[C@H](C)NS(=O)(=O)c3ccc(OC)cc3)CC2)cc1. The van der Waals surface area contributed by atoms with E-state index in [2.05, 4.69) is 9.62 Å². The molecule has 0 aromatic heterocycles. The molecule has 0 saturated carbocycles. The Morgan fingerprint density at radius 1 is 0.900 bits per heavy atom. The van der Waals surface area contributed by atoms with E-state index in [1.165, 1.54) is 19.2 Å². The van der Waals surface area contributed by atoms with Crippen LogP contribution in [0.3, 0.4) is 0 Å². The molecule has 1 amide bonds. The number of amides is 1. The van der Waals surface area contributed by atoms with Crippen LogP contribution in [0.5, 0.6) is 11.5 Å². The van der Waals surface area contributed by atoms with E-state index in [1.807, 2.05) is 24.3 Å². The van der Waals surface area contributed by atoms with E-state index < -0.39 is 16.1 Å². The number of benzene rings is 2. The topological polar surface area (TPSA) is 88.2 Å². The molecule has 30 heavy (non-hydrogen) atoms. The first-order chi connectivity index (χ1) is 14.3. The predicted molar refractivity (Wildman–Crippen MR) is 115 cm³/mol. The van der Waals surface area contributed by atoms with Crippen LogP contribution in [0.1, 0.15) is 6.92 Å². The molecule has 1 atom stereocenters. The van der Waals surface area contributed by atoms with Gasteiger partial charge >= 0.3 is 0 Å². The van der Waals surface area contributed by atoms with Crippen molar-refractivity contribution in [3.63, 3.8) is 0 Å². The van der Waals surface area contributed by atoms with Crippen molar-refractivity contribution in [3.05, 3.63) is 48.5 Å². The van der Waals surface area contributed by atoms with Gasteiger partial charge in [0, 0.05) is 31.9 Å². The number of piperazine rings is 1. The van der Waals surface area contributed by atoms with Gasteiger partial charge in [-0.25, -0.2) is 8.42 Å². The van der Waals surface area contributed by atoms with Crippen LogP contribution in [0.2, 0.25) is 0 Å². The molecule has 0 bridgehead atoms. The van der Waals surface area contributed by atoms with Gasteiger partial charge < -0.3 is 19.3 Å². The van der Waals surface area contributed by atoms with Gasteiger partial charge in [-0.15, -0.1) is 0 Å². The van der Waals surface area contributed by atoms with E-state index >= 15 is 0 Å². The summed E-state index contributed by atoms with van der Waals surface area (Å²) in [5.74, 6) is 1.12. The second-order valence-electron chi connectivity index (χ2n) is 7.03.